The Labute approximate surface area is 106 Å². The van der Waals surface area contributed by atoms with Crippen molar-refractivity contribution in [1.82, 2.24) is 0 Å². The minimum Gasteiger partial charge on any atom is -0.493 e. The van der Waals surface area contributed by atoms with Gasteiger partial charge in [0.25, 0.3) is 0 Å². The lowest BCUT2D eigenvalue weighted by Crippen LogP contribution is -2.18. The maximum Gasteiger partial charge on any atom is 0.142 e. The Balaban J connectivity index is 2.15. The van der Waals surface area contributed by atoms with E-state index in [1.54, 1.807) is 6.07 Å². The molecule has 2 N–H and O–H groups in total. The largest absolute Gasteiger partial charge is 0.493 e. The summed E-state index contributed by atoms with van der Waals surface area (Å²) < 4.78 is 19.1. The van der Waals surface area contributed by atoms with Crippen LogP contribution in [0.5, 0.6) is 5.75 Å². The van der Waals surface area contributed by atoms with Crippen molar-refractivity contribution >= 4 is 11.6 Å². The molecule has 0 spiro atoms. The molecule has 1 unspecified atom stereocenters. The first kappa shape index (κ1) is 12.7. The molecule has 0 aromatic heterocycles. The maximum atomic E-state index is 13.4. The van der Waals surface area contributed by atoms with Crippen LogP contribution in [0.3, 0.4) is 0 Å². The fraction of sp³-hybridized carbons (Fsp3) is 0.538. The molecule has 1 aliphatic carbocycles. The molecule has 0 saturated heterocycles. The van der Waals surface area contributed by atoms with E-state index in [2.05, 4.69) is 0 Å². The van der Waals surface area contributed by atoms with Crippen LogP contribution < -0.4 is 10.5 Å². The van der Waals surface area contributed by atoms with Crippen molar-refractivity contribution in [2.24, 2.45) is 11.7 Å². The minimum atomic E-state index is -0.416. The van der Waals surface area contributed by atoms with Gasteiger partial charge in [-0.2, -0.15) is 0 Å². The summed E-state index contributed by atoms with van der Waals surface area (Å²) >= 11 is 5.77. The number of hydrogen-bond donors (Lipinski definition) is 1. The first-order chi connectivity index (χ1) is 8.06. The second-order valence-electron chi connectivity index (χ2n) is 4.81. The average Bonchev–Trinajstić information content (AvgIpc) is 3.04. The number of ether oxygens (including phenoxy) is 1. The smallest absolute Gasteiger partial charge is 0.142 e. The van der Waals surface area contributed by atoms with Crippen LogP contribution in [-0.4, -0.2) is 12.6 Å². The highest BCUT2D eigenvalue weighted by Crippen LogP contribution is 2.32. The molecule has 1 aromatic carbocycles. The second kappa shape index (κ2) is 5.23. The van der Waals surface area contributed by atoms with Gasteiger partial charge in [0, 0.05) is 12.1 Å². The Hall–Kier alpha value is -0.800. The van der Waals surface area contributed by atoms with Gasteiger partial charge in [0.05, 0.1) is 11.6 Å². The quantitative estimate of drug-likeness (QED) is 0.879. The summed E-state index contributed by atoms with van der Waals surface area (Å²) in [5.74, 6) is 0.906. The highest BCUT2D eigenvalue weighted by atomic mass is 35.5. The number of hydrogen-bond acceptors (Lipinski definition) is 2. The third-order valence-corrected chi connectivity index (χ3v) is 3.11. The molecule has 0 heterocycles. The van der Waals surface area contributed by atoms with Gasteiger partial charge in [-0.05, 0) is 43.7 Å². The van der Waals surface area contributed by atoms with Crippen LogP contribution in [0.1, 0.15) is 25.3 Å². The van der Waals surface area contributed by atoms with E-state index in [0.29, 0.717) is 24.7 Å². The molecular formula is C13H17ClFNO. The Bertz CT molecular complexity index is 405. The lowest BCUT2D eigenvalue weighted by atomic mass is 10.1. The molecule has 0 amide bonds. The van der Waals surface area contributed by atoms with E-state index in [1.165, 1.54) is 18.9 Å². The van der Waals surface area contributed by atoms with Crippen LogP contribution in [0.15, 0.2) is 12.1 Å². The van der Waals surface area contributed by atoms with Crippen molar-refractivity contribution < 1.29 is 9.13 Å². The molecule has 0 aliphatic heterocycles. The molecule has 2 rings (SSSR count). The Morgan fingerprint density at radius 2 is 2.24 bits per heavy atom. The van der Waals surface area contributed by atoms with Gasteiger partial charge < -0.3 is 10.5 Å². The lowest BCUT2D eigenvalue weighted by Gasteiger charge is -2.14. The number of nitrogens with two attached hydrogens (primary N) is 1. The Morgan fingerprint density at radius 3 is 2.82 bits per heavy atom. The summed E-state index contributed by atoms with van der Waals surface area (Å²) in [6.07, 6.45) is 3.03. The summed E-state index contributed by atoms with van der Waals surface area (Å²) in [6.45, 7) is 2.57. The predicted molar refractivity (Wildman–Crippen MR) is 67.0 cm³/mol. The molecule has 1 saturated carbocycles. The fourth-order valence-electron chi connectivity index (χ4n) is 1.70. The van der Waals surface area contributed by atoms with Crippen LogP contribution in [-0.2, 0) is 6.42 Å². The second-order valence-corrected chi connectivity index (χ2v) is 5.22. The van der Waals surface area contributed by atoms with E-state index in [4.69, 9.17) is 22.1 Å². The van der Waals surface area contributed by atoms with E-state index >= 15 is 0 Å². The molecular weight excluding hydrogens is 241 g/mol. The highest BCUT2D eigenvalue weighted by Gasteiger charge is 2.22. The Morgan fingerprint density at radius 1 is 1.53 bits per heavy atom. The molecule has 94 valence electrons. The molecule has 4 heteroatoms. The van der Waals surface area contributed by atoms with E-state index in [1.807, 2.05) is 6.92 Å². The van der Waals surface area contributed by atoms with Crippen molar-refractivity contribution in [3.05, 3.63) is 28.5 Å². The van der Waals surface area contributed by atoms with Gasteiger partial charge >= 0.3 is 0 Å². The number of halogens is 2. The summed E-state index contributed by atoms with van der Waals surface area (Å²) in [5.41, 5.74) is 6.53. The first-order valence-corrected chi connectivity index (χ1v) is 6.30. The monoisotopic (exact) mass is 257 g/mol. The molecule has 1 atom stereocenters. The van der Waals surface area contributed by atoms with Crippen molar-refractivity contribution in [2.45, 2.75) is 32.2 Å². The summed E-state index contributed by atoms with van der Waals surface area (Å²) in [7, 11) is 0. The van der Waals surface area contributed by atoms with Gasteiger partial charge in [0.1, 0.15) is 11.6 Å². The van der Waals surface area contributed by atoms with E-state index in [0.717, 1.165) is 5.56 Å². The highest BCUT2D eigenvalue weighted by molar-refractivity contribution is 6.30. The van der Waals surface area contributed by atoms with Crippen LogP contribution in [0.25, 0.3) is 0 Å². The zero-order valence-electron chi connectivity index (χ0n) is 9.88. The predicted octanol–water partition coefficient (Wildman–Crippen LogP) is 3.16. The van der Waals surface area contributed by atoms with Gasteiger partial charge in [0.2, 0.25) is 0 Å². The third kappa shape index (κ3) is 3.58. The van der Waals surface area contributed by atoms with E-state index in [-0.39, 0.29) is 11.1 Å². The van der Waals surface area contributed by atoms with Crippen LogP contribution in [0, 0.1) is 11.7 Å². The molecule has 1 aromatic rings. The molecule has 1 aliphatic rings. The van der Waals surface area contributed by atoms with Gasteiger partial charge in [-0.3, -0.25) is 0 Å². The standard InChI is InChI=1S/C13H17ClFNO/c1-8(16)4-10-5-12(15)11(14)6-13(10)17-7-9-2-3-9/h5-6,8-9H,2-4,7,16H2,1H3. The molecule has 2 nitrogen and oxygen atoms in total. The molecule has 0 bridgehead atoms. The minimum absolute atomic E-state index is 0.0288. The van der Waals surface area contributed by atoms with E-state index < -0.39 is 5.82 Å². The van der Waals surface area contributed by atoms with Crippen molar-refractivity contribution in [3.8, 4) is 5.75 Å². The van der Waals surface area contributed by atoms with Crippen molar-refractivity contribution in [1.29, 1.82) is 0 Å². The van der Waals surface area contributed by atoms with E-state index in [9.17, 15) is 4.39 Å². The van der Waals surface area contributed by atoms with Crippen molar-refractivity contribution in [2.75, 3.05) is 6.61 Å². The average molecular weight is 258 g/mol. The van der Waals surface area contributed by atoms with Crippen LogP contribution >= 0.6 is 11.6 Å². The molecule has 0 radical (unpaired) electrons. The molecule has 17 heavy (non-hydrogen) atoms. The Kier molecular flexibility index (Phi) is 3.89. The summed E-state index contributed by atoms with van der Waals surface area (Å²) in [5, 5.41) is 0.101. The normalized spacial score (nSPS) is 16.9. The topological polar surface area (TPSA) is 35.2 Å². The third-order valence-electron chi connectivity index (χ3n) is 2.82. The van der Waals surface area contributed by atoms with Gasteiger partial charge in [-0.25, -0.2) is 4.39 Å². The fourth-order valence-corrected chi connectivity index (χ4v) is 1.86. The van der Waals surface area contributed by atoms with Gasteiger partial charge in [-0.15, -0.1) is 0 Å². The summed E-state index contributed by atoms with van der Waals surface area (Å²) in [4.78, 5) is 0. The SMILES string of the molecule is CC(N)Cc1cc(F)c(Cl)cc1OCC1CC1. The number of benzene rings is 1. The number of rotatable bonds is 5. The maximum absolute atomic E-state index is 13.4. The zero-order valence-corrected chi connectivity index (χ0v) is 10.6. The first-order valence-electron chi connectivity index (χ1n) is 5.92. The van der Waals surface area contributed by atoms with Crippen LogP contribution in [0.4, 0.5) is 4.39 Å². The lowest BCUT2D eigenvalue weighted by molar-refractivity contribution is 0.296. The van der Waals surface area contributed by atoms with Gasteiger partial charge in [-0.1, -0.05) is 11.6 Å². The van der Waals surface area contributed by atoms with Crippen molar-refractivity contribution in [3.63, 3.8) is 0 Å². The molecule has 1 fully saturated rings. The zero-order chi connectivity index (χ0) is 12.4. The summed E-state index contributed by atoms with van der Waals surface area (Å²) in [6, 6.07) is 2.95. The van der Waals surface area contributed by atoms with Gasteiger partial charge in [0.15, 0.2) is 0 Å². The van der Waals surface area contributed by atoms with Crippen LogP contribution in [0.2, 0.25) is 5.02 Å².